The summed E-state index contributed by atoms with van der Waals surface area (Å²) in [6.07, 6.45) is 1.96. The van der Waals surface area contributed by atoms with Crippen LogP contribution in [0, 0.1) is 12.8 Å². The van der Waals surface area contributed by atoms with Crippen LogP contribution in [0.3, 0.4) is 0 Å². The molecule has 1 aliphatic rings. The van der Waals surface area contributed by atoms with Crippen LogP contribution in [-0.2, 0) is 4.74 Å². The van der Waals surface area contributed by atoms with Crippen molar-refractivity contribution in [1.29, 1.82) is 0 Å². The van der Waals surface area contributed by atoms with Crippen LogP contribution in [0.25, 0.3) is 0 Å². The van der Waals surface area contributed by atoms with Gasteiger partial charge in [-0.2, -0.15) is 0 Å². The third-order valence-electron chi connectivity index (χ3n) is 3.25. The summed E-state index contributed by atoms with van der Waals surface area (Å²) < 4.78 is 11.0. The molecule has 98 valence electrons. The van der Waals surface area contributed by atoms with E-state index >= 15 is 0 Å². The number of hydrogen-bond donors (Lipinski definition) is 1. The molecule has 1 aliphatic heterocycles. The maximum absolute atomic E-state index is 11.1. The van der Waals surface area contributed by atoms with E-state index in [-0.39, 0.29) is 5.56 Å². The predicted molar refractivity (Wildman–Crippen MR) is 67.2 cm³/mol. The molecule has 1 N–H and O–H groups in total. The summed E-state index contributed by atoms with van der Waals surface area (Å²) in [5.74, 6) is 0.0113. The van der Waals surface area contributed by atoms with Gasteiger partial charge < -0.3 is 14.6 Å². The molecule has 18 heavy (non-hydrogen) atoms. The molecule has 0 aliphatic carbocycles. The monoisotopic (exact) mass is 250 g/mol. The molecule has 4 heteroatoms. The zero-order valence-corrected chi connectivity index (χ0v) is 10.5. The average molecular weight is 250 g/mol. The third-order valence-corrected chi connectivity index (χ3v) is 3.25. The minimum Gasteiger partial charge on any atom is -0.492 e. The summed E-state index contributed by atoms with van der Waals surface area (Å²) in [5.41, 5.74) is 1.10. The van der Waals surface area contributed by atoms with Crippen LogP contribution in [0.5, 0.6) is 5.75 Å². The Bertz CT molecular complexity index is 422. The lowest BCUT2D eigenvalue weighted by Gasteiger charge is -2.23. The molecule has 4 nitrogen and oxygen atoms in total. The van der Waals surface area contributed by atoms with Crippen molar-refractivity contribution in [2.24, 2.45) is 5.92 Å². The minimum atomic E-state index is -0.944. The number of ether oxygens (including phenoxy) is 2. The van der Waals surface area contributed by atoms with Gasteiger partial charge in [0.2, 0.25) is 0 Å². The van der Waals surface area contributed by atoms with Gasteiger partial charge in [-0.05, 0) is 37.3 Å². The first-order valence-electron chi connectivity index (χ1n) is 6.22. The van der Waals surface area contributed by atoms with E-state index in [4.69, 9.17) is 14.6 Å². The molecule has 1 aromatic rings. The number of aryl methyl sites for hydroxylation is 1. The van der Waals surface area contributed by atoms with Crippen molar-refractivity contribution in [2.45, 2.75) is 19.8 Å². The van der Waals surface area contributed by atoms with Crippen molar-refractivity contribution in [2.75, 3.05) is 19.8 Å². The second kappa shape index (κ2) is 5.87. The molecular weight excluding hydrogens is 232 g/mol. The number of carboxylic acid groups (broad SMARTS) is 1. The fourth-order valence-corrected chi connectivity index (χ4v) is 2.13. The lowest BCUT2D eigenvalue weighted by Crippen LogP contribution is -2.22. The smallest absolute Gasteiger partial charge is 0.339 e. The zero-order chi connectivity index (χ0) is 13.0. The van der Waals surface area contributed by atoms with E-state index in [0.29, 0.717) is 18.3 Å². The molecular formula is C14H18O4. The lowest BCUT2D eigenvalue weighted by atomic mass is 10.0. The van der Waals surface area contributed by atoms with E-state index in [9.17, 15) is 4.79 Å². The molecule has 0 atom stereocenters. The number of aromatic carboxylic acids is 1. The second-order valence-electron chi connectivity index (χ2n) is 4.62. The first-order valence-corrected chi connectivity index (χ1v) is 6.22. The van der Waals surface area contributed by atoms with Gasteiger partial charge in [-0.3, -0.25) is 0 Å². The lowest BCUT2D eigenvalue weighted by molar-refractivity contribution is 0.0489. The Balaban J connectivity index is 2.05. The molecule has 0 unspecified atom stereocenters. The fourth-order valence-electron chi connectivity index (χ4n) is 2.13. The minimum absolute atomic E-state index is 0.238. The van der Waals surface area contributed by atoms with Crippen LogP contribution in [0.2, 0.25) is 0 Å². The van der Waals surface area contributed by atoms with Gasteiger partial charge in [-0.25, -0.2) is 4.79 Å². The van der Waals surface area contributed by atoms with Crippen LogP contribution in [0.15, 0.2) is 18.2 Å². The summed E-state index contributed by atoms with van der Waals surface area (Å²) in [7, 11) is 0. The van der Waals surface area contributed by atoms with E-state index in [1.165, 1.54) is 0 Å². The zero-order valence-electron chi connectivity index (χ0n) is 10.5. The number of rotatable bonds is 4. The van der Waals surface area contributed by atoms with Gasteiger partial charge in [0.15, 0.2) is 0 Å². The number of para-hydroxylation sites is 1. The molecule has 1 fully saturated rings. The Morgan fingerprint density at radius 1 is 1.44 bits per heavy atom. The molecule has 1 heterocycles. The van der Waals surface area contributed by atoms with Crippen molar-refractivity contribution >= 4 is 5.97 Å². The van der Waals surface area contributed by atoms with Gasteiger partial charge in [-0.15, -0.1) is 0 Å². The first-order chi connectivity index (χ1) is 8.68. The molecule has 0 radical (unpaired) electrons. The summed E-state index contributed by atoms with van der Waals surface area (Å²) in [5, 5.41) is 9.13. The molecule has 0 saturated carbocycles. The number of benzene rings is 1. The molecule has 0 bridgehead atoms. The molecule has 0 spiro atoms. The van der Waals surface area contributed by atoms with Crippen molar-refractivity contribution in [3.63, 3.8) is 0 Å². The van der Waals surface area contributed by atoms with Gasteiger partial charge in [0.05, 0.1) is 6.61 Å². The largest absolute Gasteiger partial charge is 0.492 e. The molecule has 0 aromatic heterocycles. The third kappa shape index (κ3) is 3.01. The summed E-state index contributed by atoms with van der Waals surface area (Å²) in [6, 6.07) is 5.18. The van der Waals surface area contributed by atoms with Crippen LogP contribution < -0.4 is 4.74 Å². The highest BCUT2D eigenvalue weighted by molar-refractivity contribution is 5.91. The van der Waals surface area contributed by atoms with Crippen LogP contribution in [0.1, 0.15) is 28.8 Å². The average Bonchev–Trinajstić information content (AvgIpc) is 2.38. The van der Waals surface area contributed by atoms with E-state index in [2.05, 4.69) is 0 Å². The predicted octanol–water partition coefficient (Wildman–Crippen LogP) is 2.50. The summed E-state index contributed by atoms with van der Waals surface area (Å²) >= 11 is 0. The van der Waals surface area contributed by atoms with Gasteiger partial charge in [0, 0.05) is 13.2 Å². The Kier molecular flexibility index (Phi) is 4.20. The van der Waals surface area contributed by atoms with E-state index < -0.39 is 5.97 Å². The van der Waals surface area contributed by atoms with Gasteiger partial charge in [0.1, 0.15) is 11.3 Å². The van der Waals surface area contributed by atoms with Crippen LogP contribution in [-0.4, -0.2) is 30.9 Å². The first kappa shape index (κ1) is 12.9. The molecule has 1 aromatic carbocycles. The molecule has 0 amide bonds. The standard InChI is InChI=1S/C14H18O4/c1-10-3-2-4-12(14(15)16)13(10)18-9-11-5-7-17-8-6-11/h2-4,11H,5-9H2,1H3,(H,15,16). The highest BCUT2D eigenvalue weighted by atomic mass is 16.5. The van der Waals surface area contributed by atoms with E-state index in [0.717, 1.165) is 31.6 Å². The Hall–Kier alpha value is -1.55. The molecule has 1 saturated heterocycles. The Labute approximate surface area is 107 Å². The normalized spacial score (nSPS) is 16.5. The fraction of sp³-hybridized carbons (Fsp3) is 0.500. The highest BCUT2D eigenvalue weighted by Gasteiger charge is 2.18. The maximum atomic E-state index is 11.1. The maximum Gasteiger partial charge on any atom is 0.339 e. The van der Waals surface area contributed by atoms with E-state index in [1.807, 2.05) is 13.0 Å². The van der Waals surface area contributed by atoms with Crippen LogP contribution >= 0.6 is 0 Å². The molecule has 2 rings (SSSR count). The van der Waals surface area contributed by atoms with Gasteiger partial charge in [-0.1, -0.05) is 12.1 Å². The highest BCUT2D eigenvalue weighted by Crippen LogP contribution is 2.25. The Morgan fingerprint density at radius 3 is 2.83 bits per heavy atom. The number of carbonyl (C=O) groups is 1. The second-order valence-corrected chi connectivity index (χ2v) is 4.62. The number of carboxylic acids is 1. The van der Waals surface area contributed by atoms with Crippen molar-refractivity contribution < 1.29 is 19.4 Å². The topological polar surface area (TPSA) is 55.8 Å². The van der Waals surface area contributed by atoms with Gasteiger partial charge >= 0.3 is 5.97 Å². The van der Waals surface area contributed by atoms with Crippen LogP contribution in [0.4, 0.5) is 0 Å². The van der Waals surface area contributed by atoms with Crippen molar-refractivity contribution in [1.82, 2.24) is 0 Å². The summed E-state index contributed by atoms with van der Waals surface area (Å²) in [6.45, 7) is 3.97. The van der Waals surface area contributed by atoms with E-state index in [1.54, 1.807) is 12.1 Å². The number of hydrogen-bond acceptors (Lipinski definition) is 3. The Morgan fingerprint density at radius 2 is 2.17 bits per heavy atom. The van der Waals surface area contributed by atoms with Crippen molar-refractivity contribution in [3.05, 3.63) is 29.3 Å². The SMILES string of the molecule is Cc1cccc(C(=O)O)c1OCC1CCOCC1. The van der Waals surface area contributed by atoms with Gasteiger partial charge in [0.25, 0.3) is 0 Å². The van der Waals surface area contributed by atoms with Crippen molar-refractivity contribution in [3.8, 4) is 5.75 Å². The summed E-state index contributed by atoms with van der Waals surface area (Å²) in [4.78, 5) is 11.1. The quantitative estimate of drug-likeness (QED) is 0.892.